The van der Waals surface area contributed by atoms with E-state index in [1.54, 1.807) is 0 Å². The highest BCUT2D eigenvalue weighted by molar-refractivity contribution is 5.19. The molecule has 1 aromatic carbocycles. The Hall–Kier alpha value is -1.12. The third-order valence-electron chi connectivity index (χ3n) is 2.90. The lowest BCUT2D eigenvalue weighted by molar-refractivity contribution is 0.158. The van der Waals surface area contributed by atoms with Crippen LogP contribution in [0.3, 0.4) is 0 Å². The molecule has 94 valence electrons. The molecule has 0 saturated carbocycles. The number of nitrogens with zero attached hydrogens (tertiary/aromatic N) is 1. The summed E-state index contributed by atoms with van der Waals surface area (Å²) in [7, 11) is 2.05. The second-order valence-electron chi connectivity index (χ2n) is 4.31. The van der Waals surface area contributed by atoms with Crippen molar-refractivity contribution in [3.05, 3.63) is 48.0 Å². The van der Waals surface area contributed by atoms with Crippen molar-refractivity contribution in [2.75, 3.05) is 20.2 Å². The van der Waals surface area contributed by atoms with Crippen molar-refractivity contribution in [1.29, 1.82) is 0 Å². The number of likely N-dealkylation sites (N-methyl/N-ethyl adjacent to an activating group) is 1. The number of hydrogen-bond acceptors (Lipinski definition) is 2. The molecule has 2 nitrogen and oxygen atoms in total. The monoisotopic (exact) mass is 233 g/mol. The van der Waals surface area contributed by atoms with Gasteiger partial charge in [-0.15, -0.1) is 0 Å². The van der Waals surface area contributed by atoms with Crippen LogP contribution in [0, 0.1) is 0 Å². The van der Waals surface area contributed by atoms with Gasteiger partial charge in [-0.1, -0.05) is 55.8 Å². The molecule has 0 aliphatic carbocycles. The summed E-state index contributed by atoms with van der Waals surface area (Å²) < 4.78 is 0. The van der Waals surface area contributed by atoms with E-state index in [1.807, 2.05) is 25.2 Å². The number of aliphatic hydroxyl groups excluding tert-OH is 1. The largest absolute Gasteiger partial charge is 0.394 e. The van der Waals surface area contributed by atoms with Crippen molar-refractivity contribution in [3.63, 3.8) is 0 Å². The first kappa shape index (κ1) is 13.9. The van der Waals surface area contributed by atoms with Crippen molar-refractivity contribution in [1.82, 2.24) is 4.90 Å². The third-order valence-corrected chi connectivity index (χ3v) is 2.90. The van der Waals surface area contributed by atoms with Crippen LogP contribution in [0.4, 0.5) is 0 Å². The highest BCUT2D eigenvalue weighted by Crippen LogP contribution is 2.18. The lowest BCUT2D eigenvalue weighted by Crippen LogP contribution is -2.27. The van der Waals surface area contributed by atoms with Gasteiger partial charge in [0.25, 0.3) is 0 Å². The Morgan fingerprint density at radius 1 is 1.24 bits per heavy atom. The van der Waals surface area contributed by atoms with Crippen LogP contribution >= 0.6 is 0 Å². The van der Waals surface area contributed by atoms with Crippen LogP contribution in [0.2, 0.25) is 0 Å². The minimum atomic E-state index is 0.0856. The summed E-state index contributed by atoms with van der Waals surface area (Å²) in [6.07, 6.45) is 6.69. The average Bonchev–Trinajstić information content (AvgIpc) is 2.37. The second-order valence-corrected chi connectivity index (χ2v) is 4.31. The van der Waals surface area contributed by atoms with E-state index in [-0.39, 0.29) is 12.6 Å². The zero-order valence-corrected chi connectivity index (χ0v) is 10.8. The predicted molar refractivity (Wildman–Crippen MR) is 72.9 cm³/mol. The molecule has 17 heavy (non-hydrogen) atoms. The van der Waals surface area contributed by atoms with E-state index >= 15 is 0 Å². The minimum absolute atomic E-state index is 0.0856. The van der Waals surface area contributed by atoms with Crippen LogP contribution in [0.15, 0.2) is 42.5 Å². The first-order valence-corrected chi connectivity index (χ1v) is 6.30. The van der Waals surface area contributed by atoms with Gasteiger partial charge in [0.2, 0.25) is 0 Å². The number of hydrogen-bond donors (Lipinski definition) is 1. The standard InChI is InChI=1S/C15H23NO/c1-3-4-5-9-12-16(2)15(13-17)14-10-7-6-8-11-14/h5-11,15,17H,3-4,12-13H2,1-2H3/b9-5+/t15-/m1/s1. The van der Waals surface area contributed by atoms with Crippen molar-refractivity contribution in [2.24, 2.45) is 0 Å². The van der Waals surface area contributed by atoms with Crippen LogP contribution in [0.1, 0.15) is 31.4 Å². The Bertz CT molecular complexity index is 321. The van der Waals surface area contributed by atoms with Crippen LogP contribution in [-0.2, 0) is 0 Å². The number of rotatable bonds is 7. The van der Waals surface area contributed by atoms with Gasteiger partial charge in [0.1, 0.15) is 0 Å². The van der Waals surface area contributed by atoms with Gasteiger partial charge >= 0.3 is 0 Å². The van der Waals surface area contributed by atoms with Crippen molar-refractivity contribution < 1.29 is 5.11 Å². The SMILES string of the molecule is CCC/C=C/CN(C)[C@H](CO)c1ccccc1. The highest BCUT2D eigenvalue weighted by atomic mass is 16.3. The highest BCUT2D eigenvalue weighted by Gasteiger charge is 2.14. The zero-order valence-electron chi connectivity index (χ0n) is 10.8. The summed E-state index contributed by atoms with van der Waals surface area (Å²) in [5.74, 6) is 0. The van der Waals surface area contributed by atoms with E-state index in [2.05, 4.69) is 36.1 Å². The molecular formula is C15H23NO. The molecule has 0 heterocycles. The van der Waals surface area contributed by atoms with Crippen LogP contribution < -0.4 is 0 Å². The quantitative estimate of drug-likeness (QED) is 0.732. The molecule has 0 amide bonds. The summed E-state index contributed by atoms with van der Waals surface area (Å²) in [6, 6.07) is 10.2. The molecule has 0 aromatic heterocycles. The predicted octanol–water partition coefficient (Wildman–Crippen LogP) is 3.01. The molecule has 0 spiro atoms. The Morgan fingerprint density at radius 2 is 1.94 bits per heavy atom. The summed E-state index contributed by atoms with van der Waals surface area (Å²) in [5, 5.41) is 9.49. The molecule has 0 aliphatic heterocycles. The lowest BCUT2D eigenvalue weighted by Gasteiger charge is -2.25. The smallest absolute Gasteiger partial charge is 0.0628 e. The molecule has 2 heteroatoms. The van der Waals surface area contributed by atoms with Gasteiger partial charge in [-0.05, 0) is 19.0 Å². The van der Waals surface area contributed by atoms with E-state index in [0.717, 1.165) is 13.0 Å². The maximum Gasteiger partial charge on any atom is 0.0628 e. The maximum atomic E-state index is 9.49. The van der Waals surface area contributed by atoms with E-state index in [1.165, 1.54) is 12.0 Å². The fourth-order valence-electron chi connectivity index (χ4n) is 1.83. The molecule has 0 saturated heterocycles. The molecule has 1 aromatic rings. The van der Waals surface area contributed by atoms with Gasteiger partial charge in [0.05, 0.1) is 12.6 Å². The van der Waals surface area contributed by atoms with Gasteiger partial charge in [-0.2, -0.15) is 0 Å². The molecule has 0 aliphatic rings. The minimum Gasteiger partial charge on any atom is -0.394 e. The van der Waals surface area contributed by atoms with E-state index in [4.69, 9.17) is 0 Å². The normalized spacial score (nSPS) is 13.4. The molecule has 1 atom stereocenters. The zero-order chi connectivity index (χ0) is 12.5. The van der Waals surface area contributed by atoms with E-state index in [9.17, 15) is 5.11 Å². The Morgan fingerprint density at radius 3 is 2.53 bits per heavy atom. The number of unbranched alkanes of at least 4 members (excludes halogenated alkanes) is 1. The summed E-state index contributed by atoms with van der Waals surface area (Å²) >= 11 is 0. The van der Waals surface area contributed by atoms with Crippen molar-refractivity contribution >= 4 is 0 Å². The first-order valence-electron chi connectivity index (χ1n) is 6.30. The molecule has 1 N–H and O–H groups in total. The van der Waals surface area contributed by atoms with Gasteiger partial charge in [0, 0.05) is 6.54 Å². The Kier molecular flexibility index (Phi) is 6.60. The lowest BCUT2D eigenvalue weighted by atomic mass is 10.1. The van der Waals surface area contributed by atoms with Crippen molar-refractivity contribution in [2.45, 2.75) is 25.8 Å². The summed E-state index contributed by atoms with van der Waals surface area (Å²) in [5.41, 5.74) is 1.17. The Balaban J connectivity index is 2.56. The molecule has 0 bridgehead atoms. The Labute approximate surface area is 105 Å². The molecule has 0 radical (unpaired) electrons. The molecule has 0 fully saturated rings. The number of allylic oxidation sites excluding steroid dienone is 1. The van der Waals surface area contributed by atoms with Crippen molar-refractivity contribution in [3.8, 4) is 0 Å². The number of benzene rings is 1. The average molecular weight is 233 g/mol. The summed E-state index contributed by atoms with van der Waals surface area (Å²) in [4.78, 5) is 2.17. The fourth-order valence-corrected chi connectivity index (χ4v) is 1.83. The van der Waals surface area contributed by atoms with Gasteiger partial charge in [-0.25, -0.2) is 0 Å². The maximum absolute atomic E-state index is 9.49. The number of aliphatic hydroxyl groups is 1. The van der Waals surface area contributed by atoms with Crippen LogP contribution in [-0.4, -0.2) is 30.2 Å². The molecule has 0 unspecified atom stereocenters. The summed E-state index contributed by atoms with van der Waals surface area (Å²) in [6.45, 7) is 3.21. The van der Waals surface area contributed by atoms with E-state index in [0.29, 0.717) is 0 Å². The van der Waals surface area contributed by atoms with Crippen LogP contribution in [0.5, 0.6) is 0 Å². The molecular weight excluding hydrogens is 210 g/mol. The van der Waals surface area contributed by atoms with Gasteiger partial charge < -0.3 is 5.11 Å². The topological polar surface area (TPSA) is 23.5 Å². The molecule has 1 rings (SSSR count). The first-order chi connectivity index (χ1) is 8.29. The van der Waals surface area contributed by atoms with Gasteiger partial charge in [0.15, 0.2) is 0 Å². The van der Waals surface area contributed by atoms with Crippen LogP contribution in [0.25, 0.3) is 0 Å². The second kappa shape index (κ2) is 8.04. The fraction of sp³-hybridized carbons (Fsp3) is 0.467. The third kappa shape index (κ3) is 4.72. The van der Waals surface area contributed by atoms with E-state index < -0.39 is 0 Å². The van der Waals surface area contributed by atoms with Gasteiger partial charge in [-0.3, -0.25) is 4.90 Å².